The third-order valence-corrected chi connectivity index (χ3v) is 4.86. The molecule has 4 aromatic rings. The van der Waals surface area contributed by atoms with Crippen LogP contribution in [0.15, 0.2) is 83.3 Å². The molecule has 0 radical (unpaired) electrons. The first kappa shape index (κ1) is 16.4. The zero-order valence-corrected chi connectivity index (χ0v) is 14.9. The fraction of sp³-hybridized carbons (Fsp3) is 0.0476. The Labute approximate surface area is 154 Å². The molecule has 3 nitrogen and oxygen atoms in total. The number of hydrogen-bond donors (Lipinski definition) is 0. The molecule has 0 spiro atoms. The van der Waals surface area contributed by atoms with Crippen LogP contribution in [0.3, 0.4) is 0 Å². The summed E-state index contributed by atoms with van der Waals surface area (Å²) in [5.74, 6) is 0.453. The minimum absolute atomic E-state index is 0.200. The Morgan fingerprint density at radius 3 is 2.54 bits per heavy atom. The van der Waals surface area contributed by atoms with Crippen molar-refractivity contribution >= 4 is 17.2 Å². The third kappa shape index (κ3) is 3.21. The largest absolute Gasteiger partial charge is 0.285 e. The van der Waals surface area contributed by atoms with Gasteiger partial charge in [-0.2, -0.15) is 0 Å². The van der Waals surface area contributed by atoms with Crippen molar-refractivity contribution < 1.29 is 4.39 Å². The van der Waals surface area contributed by atoms with E-state index in [0.717, 1.165) is 21.7 Å². The average Bonchev–Trinajstić information content (AvgIpc) is 3.09. The number of rotatable bonds is 3. The fourth-order valence-corrected chi connectivity index (χ4v) is 3.65. The molecule has 0 bridgehead atoms. The van der Waals surface area contributed by atoms with Crippen molar-refractivity contribution in [2.24, 2.45) is 4.99 Å². The van der Waals surface area contributed by atoms with Crippen LogP contribution < -0.4 is 4.80 Å². The molecule has 0 amide bonds. The Hall–Kier alpha value is -3.05. The van der Waals surface area contributed by atoms with Crippen molar-refractivity contribution in [3.8, 4) is 16.9 Å². The van der Waals surface area contributed by atoms with E-state index in [1.165, 1.54) is 17.4 Å². The normalized spacial score (nSPS) is 11.7. The van der Waals surface area contributed by atoms with Gasteiger partial charge >= 0.3 is 0 Å². The van der Waals surface area contributed by atoms with Gasteiger partial charge in [0.1, 0.15) is 5.82 Å². The predicted octanol–water partition coefficient (Wildman–Crippen LogP) is 5.28. The number of benzene rings is 2. The van der Waals surface area contributed by atoms with Crippen LogP contribution in [-0.2, 0) is 0 Å². The van der Waals surface area contributed by atoms with Crippen LogP contribution in [0, 0.1) is 12.7 Å². The quantitative estimate of drug-likeness (QED) is 0.488. The molecule has 0 saturated carbocycles. The van der Waals surface area contributed by atoms with E-state index >= 15 is 0 Å². The Kier molecular flexibility index (Phi) is 4.46. The summed E-state index contributed by atoms with van der Waals surface area (Å²) in [6.07, 6.45) is 1.73. The van der Waals surface area contributed by atoms with Crippen LogP contribution in [0.5, 0.6) is 0 Å². The van der Waals surface area contributed by atoms with Gasteiger partial charge in [-0.1, -0.05) is 24.3 Å². The van der Waals surface area contributed by atoms with Gasteiger partial charge in [-0.3, -0.25) is 4.57 Å². The van der Waals surface area contributed by atoms with Crippen LogP contribution >= 0.6 is 11.3 Å². The van der Waals surface area contributed by atoms with Crippen LogP contribution in [0.2, 0.25) is 0 Å². The minimum Gasteiger partial charge on any atom is -0.285 e. The van der Waals surface area contributed by atoms with Gasteiger partial charge in [0.2, 0.25) is 0 Å². The molecule has 0 aliphatic heterocycles. The van der Waals surface area contributed by atoms with E-state index < -0.39 is 0 Å². The number of thiazole rings is 1. The molecule has 4 rings (SSSR count). The summed E-state index contributed by atoms with van der Waals surface area (Å²) in [5.41, 5.74) is 3.54. The number of hydrogen-bond acceptors (Lipinski definition) is 3. The van der Waals surface area contributed by atoms with Gasteiger partial charge in [-0.25, -0.2) is 14.4 Å². The zero-order valence-electron chi connectivity index (χ0n) is 14.1. The lowest BCUT2D eigenvalue weighted by Crippen LogP contribution is -2.13. The minimum atomic E-state index is -0.200. The summed E-state index contributed by atoms with van der Waals surface area (Å²) < 4.78 is 15.8. The van der Waals surface area contributed by atoms with E-state index in [-0.39, 0.29) is 5.82 Å². The van der Waals surface area contributed by atoms with Crippen molar-refractivity contribution in [1.82, 2.24) is 9.55 Å². The maximum absolute atomic E-state index is 13.7. The number of aryl methyl sites for hydroxylation is 1. The second-order valence-corrected chi connectivity index (χ2v) is 6.67. The average molecular weight is 361 g/mol. The lowest BCUT2D eigenvalue weighted by molar-refractivity contribution is 0.618. The zero-order chi connectivity index (χ0) is 17.9. The Morgan fingerprint density at radius 2 is 1.81 bits per heavy atom. The Bertz CT molecular complexity index is 1100. The molecule has 2 heterocycles. The molecule has 2 aromatic carbocycles. The number of halogens is 1. The molecular formula is C21H16FN3S. The van der Waals surface area contributed by atoms with Crippen LogP contribution in [0.25, 0.3) is 16.9 Å². The van der Waals surface area contributed by atoms with Gasteiger partial charge in [0.15, 0.2) is 10.6 Å². The van der Waals surface area contributed by atoms with Gasteiger partial charge in [-0.15, -0.1) is 11.3 Å². The highest BCUT2D eigenvalue weighted by Crippen LogP contribution is 2.25. The van der Waals surface area contributed by atoms with Crippen molar-refractivity contribution in [1.29, 1.82) is 0 Å². The van der Waals surface area contributed by atoms with Gasteiger partial charge in [0, 0.05) is 17.3 Å². The summed E-state index contributed by atoms with van der Waals surface area (Å²) in [6, 6.07) is 20.8. The number of pyridine rings is 1. The van der Waals surface area contributed by atoms with E-state index in [9.17, 15) is 4.39 Å². The SMILES string of the molecule is Cc1cc(-c2csc(=Nc3ccccn3)n2-c2ccccc2)ccc1F. The smallest absolute Gasteiger partial charge is 0.196 e. The van der Waals surface area contributed by atoms with Crippen LogP contribution in [0.4, 0.5) is 10.2 Å². The molecule has 26 heavy (non-hydrogen) atoms. The molecule has 5 heteroatoms. The highest BCUT2D eigenvalue weighted by Gasteiger charge is 2.11. The lowest BCUT2D eigenvalue weighted by atomic mass is 10.1. The van der Waals surface area contributed by atoms with E-state index in [1.807, 2.05) is 60.0 Å². The molecule has 0 aliphatic rings. The fourth-order valence-electron chi connectivity index (χ4n) is 2.74. The lowest BCUT2D eigenvalue weighted by Gasteiger charge is -2.10. The highest BCUT2D eigenvalue weighted by molar-refractivity contribution is 7.07. The van der Waals surface area contributed by atoms with Gasteiger partial charge in [0.25, 0.3) is 0 Å². The van der Waals surface area contributed by atoms with E-state index in [0.29, 0.717) is 11.4 Å². The molecular weight excluding hydrogens is 345 g/mol. The standard InChI is InChI=1S/C21H16FN3S/c1-15-13-16(10-11-18(15)22)19-14-26-21(24-20-9-5-6-12-23-20)25(19)17-7-3-2-4-8-17/h2-14H,1H3. The number of para-hydroxylation sites is 1. The predicted molar refractivity (Wildman–Crippen MR) is 103 cm³/mol. The molecule has 2 aromatic heterocycles. The van der Waals surface area contributed by atoms with E-state index in [2.05, 4.69) is 9.55 Å². The molecule has 0 N–H and O–H groups in total. The molecule has 0 unspecified atom stereocenters. The van der Waals surface area contributed by atoms with Gasteiger partial charge in [0.05, 0.1) is 5.69 Å². The summed E-state index contributed by atoms with van der Waals surface area (Å²) in [6.45, 7) is 1.78. The Morgan fingerprint density at radius 1 is 1.00 bits per heavy atom. The summed E-state index contributed by atoms with van der Waals surface area (Å²) >= 11 is 1.53. The monoisotopic (exact) mass is 361 g/mol. The second-order valence-electron chi connectivity index (χ2n) is 5.84. The highest BCUT2D eigenvalue weighted by atomic mass is 32.1. The maximum Gasteiger partial charge on any atom is 0.196 e. The van der Waals surface area contributed by atoms with Gasteiger partial charge in [-0.05, 0) is 60.5 Å². The van der Waals surface area contributed by atoms with Crippen molar-refractivity contribution in [2.45, 2.75) is 6.92 Å². The summed E-state index contributed by atoms with van der Waals surface area (Å²) in [4.78, 5) is 9.81. The summed E-state index contributed by atoms with van der Waals surface area (Å²) in [7, 11) is 0. The molecule has 128 valence electrons. The third-order valence-electron chi connectivity index (χ3n) is 4.04. The van der Waals surface area contributed by atoms with Crippen LogP contribution in [-0.4, -0.2) is 9.55 Å². The number of aromatic nitrogens is 2. The summed E-state index contributed by atoms with van der Waals surface area (Å²) in [5, 5.41) is 2.04. The molecule has 0 atom stereocenters. The Balaban J connectivity index is 1.96. The first-order valence-corrected chi connectivity index (χ1v) is 9.08. The maximum atomic E-state index is 13.7. The van der Waals surface area contributed by atoms with Crippen molar-refractivity contribution in [3.05, 3.63) is 94.5 Å². The van der Waals surface area contributed by atoms with Crippen molar-refractivity contribution in [2.75, 3.05) is 0 Å². The first-order chi connectivity index (χ1) is 12.7. The van der Waals surface area contributed by atoms with Crippen molar-refractivity contribution in [3.63, 3.8) is 0 Å². The topological polar surface area (TPSA) is 30.2 Å². The van der Waals surface area contributed by atoms with Crippen LogP contribution in [0.1, 0.15) is 5.56 Å². The number of nitrogens with zero attached hydrogens (tertiary/aromatic N) is 3. The van der Waals surface area contributed by atoms with E-state index in [1.54, 1.807) is 19.2 Å². The molecule has 0 saturated heterocycles. The first-order valence-electron chi connectivity index (χ1n) is 8.20. The second kappa shape index (κ2) is 7.06. The van der Waals surface area contributed by atoms with Gasteiger partial charge < -0.3 is 0 Å². The molecule has 0 fully saturated rings. The van der Waals surface area contributed by atoms with E-state index in [4.69, 9.17) is 4.99 Å². The molecule has 0 aliphatic carbocycles.